The van der Waals surface area contributed by atoms with Crippen molar-refractivity contribution in [1.29, 1.82) is 0 Å². The van der Waals surface area contributed by atoms with Gasteiger partial charge in [0, 0.05) is 5.54 Å². The molecule has 2 N–H and O–H groups in total. The number of nitrogens with one attached hydrogen (secondary N) is 1. The summed E-state index contributed by atoms with van der Waals surface area (Å²) in [4.78, 5) is 4.35. The Hall–Kier alpha value is -1.66. The highest BCUT2D eigenvalue weighted by Gasteiger charge is 2.34. The minimum atomic E-state index is -0.295. The van der Waals surface area contributed by atoms with Gasteiger partial charge in [-0.1, -0.05) is 24.4 Å². The summed E-state index contributed by atoms with van der Waals surface area (Å²) < 4.78 is 10.2. The fraction of sp³-hybridized carbons (Fsp3) is 0.625. The van der Waals surface area contributed by atoms with Gasteiger partial charge in [0.25, 0.3) is 5.89 Å². The molecule has 22 heavy (non-hydrogen) atoms. The van der Waals surface area contributed by atoms with Gasteiger partial charge in [0.05, 0.1) is 25.0 Å². The first-order chi connectivity index (χ1) is 10.7. The van der Waals surface area contributed by atoms with Crippen molar-refractivity contribution in [3.05, 3.63) is 24.4 Å². The Bertz CT molecular complexity index is 575. The average Bonchev–Trinajstić information content (AvgIpc) is 3.24. The third-order valence-electron chi connectivity index (χ3n) is 4.72. The molecule has 0 radical (unpaired) electrons. The Morgan fingerprint density at radius 3 is 2.86 bits per heavy atom. The van der Waals surface area contributed by atoms with Crippen LogP contribution in [0.4, 0.5) is 0 Å². The van der Waals surface area contributed by atoms with Crippen LogP contribution in [0.15, 0.2) is 27.5 Å². The molecule has 2 aromatic rings. The van der Waals surface area contributed by atoms with E-state index >= 15 is 0 Å². The maximum absolute atomic E-state index is 9.83. The van der Waals surface area contributed by atoms with Crippen LogP contribution in [0.25, 0.3) is 11.5 Å². The fourth-order valence-electron chi connectivity index (χ4n) is 3.18. The zero-order valence-corrected chi connectivity index (χ0v) is 12.9. The van der Waals surface area contributed by atoms with Crippen molar-refractivity contribution in [2.45, 2.75) is 51.1 Å². The zero-order chi connectivity index (χ0) is 15.4. The Kier molecular flexibility index (Phi) is 4.59. The summed E-state index contributed by atoms with van der Waals surface area (Å²) in [6.07, 6.45) is 9.27. The molecule has 120 valence electrons. The van der Waals surface area contributed by atoms with Crippen LogP contribution in [-0.2, 0) is 6.54 Å². The van der Waals surface area contributed by atoms with Gasteiger partial charge in [-0.3, -0.25) is 0 Å². The van der Waals surface area contributed by atoms with Crippen molar-refractivity contribution < 1.29 is 14.0 Å². The first-order valence-electron chi connectivity index (χ1n) is 7.92. The molecule has 0 spiro atoms. The molecule has 1 aliphatic carbocycles. The van der Waals surface area contributed by atoms with E-state index < -0.39 is 0 Å². The van der Waals surface area contributed by atoms with E-state index in [1.54, 1.807) is 18.6 Å². The van der Waals surface area contributed by atoms with Gasteiger partial charge in [-0.15, -0.1) is 0 Å². The molecule has 6 heteroatoms. The van der Waals surface area contributed by atoms with E-state index in [9.17, 15) is 5.11 Å². The van der Waals surface area contributed by atoms with Crippen LogP contribution < -0.4 is 5.32 Å². The predicted octanol–water partition coefficient (Wildman–Crippen LogP) is 2.75. The van der Waals surface area contributed by atoms with Crippen molar-refractivity contribution in [1.82, 2.24) is 15.5 Å². The van der Waals surface area contributed by atoms with E-state index in [2.05, 4.69) is 22.4 Å². The average molecular weight is 305 g/mol. The molecule has 2 aromatic heterocycles. The van der Waals surface area contributed by atoms with Gasteiger partial charge in [0.1, 0.15) is 6.26 Å². The van der Waals surface area contributed by atoms with Gasteiger partial charge in [0.15, 0.2) is 5.82 Å². The standard InChI is InChI=1S/C16H23N3O3/c1-16(11-20,13-5-3-2-4-6-13)17-9-14-18-15(22-19-14)12-7-8-21-10-12/h7-8,10,13,17,20H,2-6,9,11H2,1H3. The topological polar surface area (TPSA) is 84.3 Å². The van der Waals surface area contributed by atoms with Gasteiger partial charge >= 0.3 is 0 Å². The maximum Gasteiger partial charge on any atom is 0.261 e. The molecule has 1 aliphatic rings. The van der Waals surface area contributed by atoms with Crippen molar-refractivity contribution in [3.63, 3.8) is 0 Å². The third kappa shape index (κ3) is 3.23. The molecule has 2 heterocycles. The number of hydrogen-bond donors (Lipinski definition) is 2. The van der Waals surface area contributed by atoms with Gasteiger partial charge in [-0.05, 0) is 31.7 Å². The zero-order valence-electron chi connectivity index (χ0n) is 12.9. The fourth-order valence-corrected chi connectivity index (χ4v) is 3.18. The van der Waals surface area contributed by atoms with Crippen LogP contribution in [0.2, 0.25) is 0 Å². The summed E-state index contributed by atoms with van der Waals surface area (Å²) in [5.74, 6) is 1.53. The first kappa shape index (κ1) is 15.2. The second kappa shape index (κ2) is 6.62. The second-order valence-corrected chi connectivity index (χ2v) is 6.29. The molecule has 0 amide bonds. The molecular formula is C16H23N3O3. The normalized spacial score (nSPS) is 19.2. The van der Waals surface area contributed by atoms with Gasteiger partial charge in [0.2, 0.25) is 0 Å². The van der Waals surface area contributed by atoms with E-state index in [4.69, 9.17) is 8.94 Å². The van der Waals surface area contributed by atoms with E-state index in [-0.39, 0.29) is 12.1 Å². The minimum Gasteiger partial charge on any atom is -0.472 e. The summed E-state index contributed by atoms with van der Waals surface area (Å²) in [6.45, 7) is 2.68. The van der Waals surface area contributed by atoms with E-state index in [1.807, 2.05) is 0 Å². The molecule has 0 aromatic carbocycles. The number of furan rings is 1. The number of aromatic nitrogens is 2. The van der Waals surface area contributed by atoms with Crippen LogP contribution in [-0.4, -0.2) is 27.4 Å². The number of aliphatic hydroxyl groups excluding tert-OH is 1. The molecule has 3 rings (SSSR count). The van der Waals surface area contributed by atoms with Gasteiger partial charge in [-0.25, -0.2) is 0 Å². The summed E-state index contributed by atoms with van der Waals surface area (Å²) in [6, 6.07) is 1.78. The van der Waals surface area contributed by atoms with Crippen molar-refractivity contribution >= 4 is 0 Å². The molecule has 1 unspecified atom stereocenters. The molecule has 6 nitrogen and oxygen atoms in total. The molecule has 0 bridgehead atoms. The lowest BCUT2D eigenvalue weighted by molar-refractivity contribution is 0.0928. The quantitative estimate of drug-likeness (QED) is 0.853. The molecule has 1 saturated carbocycles. The molecule has 0 aliphatic heterocycles. The summed E-state index contributed by atoms with van der Waals surface area (Å²) in [7, 11) is 0. The van der Waals surface area contributed by atoms with Crippen LogP contribution in [0.5, 0.6) is 0 Å². The maximum atomic E-state index is 9.83. The highest BCUT2D eigenvalue weighted by Crippen LogP contribution is 2.32. The molecule has 1 atom stereocenters. The summed E-state index contributed by atoms with van der Waals surface area (Å²) in [5, 5.41) is 17.2. The molecule has 1 fully saturated rings. The lowest BCUT2D eigenvalue weighted by Gasteiger charge is -2.39. The van der Waals surface area contributed by atoms with E-state index in [0.717, 1.165) is 18.4 Å². The highest BCUT2D eigenvalue weighted by atomic mass is 16.5. The Labute approximate surface area is 129 Å². The third-order valence-corrected chi connectivity index (χ3v) is 4.72. The monoisotopic (exact) mass is 305 g/mol. The number of hydrogen-bond acceptors (Lipinski definition) is 6. The highest BCUT2D eigenvalue weighted by molar-refractivity contribution is 5.49. The minimum absolute atomic E-state index is 0.115. The van der Waals surface area contributed by atoms with Gasteiger partial charge < -0.3 is 19.4 Å². The van der Waals surface area contributed by atoms with Crippen molar-refractivity contribution in [2.75, 3.05) is 6.61 Å². The van der Waals surface area contributed by atoms with E-state index in [1.165, 1.54) is 19.3 Å². The van der Waals surface area contributed by atoms with Crippen molar-refractivity contribution in [3.8, 4) is 11.5 Å². The summed E-state index contributed by atoms with van der Waals surface area (Å²) >= 11 is 0. The number of aliphatic hydroxyl groups is 1. The lowest BCUT2D eigenvalue weighted by atomic mass is 9.76. The SMILES string of the molecule is CC(CO)(NCc1noc(-c2ccoc2)n1)C1CCCCC1. The largest absolute Gasteiger partial charge is 0.472 e. The number of rotatable bonds is 6. The van der Waals surface area contributed by atoms with E-state index in [0.29, 0.717) is 24.2 Å². The van der Waals surface area contributed by atoms with Gasteiger partial charge in [-0.2, -0.15) is 4.98 Å². The first-order valence-corrected chi connectivity index (χ1v) is 7.92. The predicted molar refractivity (Wildman–Crippen MR) is 80.9 cm³/mol. The number of nitrogens with zero attached hydrogens (tertiary/aromatic N) is 2. The Balaban J connectivity index is 1.63. The second-order valence-electron chi connectivity index (χ2n) is 6.29. The molecule has 0 saturated heterocycles. The van der Waals surface area contributed by atoms with Crippen LogP contribution >= 0.6 is 0 Å². The van der Waals surface area contributed by atoms with Crippen molar-refractivity contribution in [2.24, 2.45) is 5.92 Å². The lowest BCUT2D eigenvalue weighted by Crippen LogP contribution is -2.52. The Morgan fingerprint density at radius 2 is 2.18 bits per heavy atom. The van der Waals surface area contributed by atoms with Crippen LogP contribution in [0.1, 0.15) is 44.9 Å². The molecular weight excluding hydrogens is 282 g/mol. The van der Waals surface area contributed by atoms with Crippen LogP contribution in [0.3, 0.4) is 0 Å². The summed E-state index contributed by atoms with van der Waals surface area (Å²) in [5.41, 5.74) is 0.479. The smallest absolute Gasteiger partial charge is 0.261 e. The van der Waals surface area contributed by atoms with Crippen LogP contribution in [0, 0.1) is 5.92 Å². The Morgan fingerprint density at radius 1 is 1.36 bits per heavy atom.